The van der Waals surface area contributed by atoms with Crippen LogP contribution in [0.4, 0.5) is 0 Å². The molecule has 0 spiro atoms. The van der Waals surface area contributed by atoms with Gasteiger partial charge < -0.3 is 5.32 Å². The molecule has 1 fully saturated rings. The van der Waals surface area contributed by atoms with E-state index in [1.165, 1.54) is 4.90 Å². The Morgan fingerprint density at radius 1 is 1.59 bits per heavy atom. The molecule has 0 bridgehead atoms. The first kappa shape index (κ1) is 13.0. The predicted molar refractivity (Wildman–Crippen MR) is 75.3 cm³/mol. The minimum Gasteiger partial charge on any atom is -0.345 e. The summed E-state index contributed by atoms with van der Waals surface area (Å²) in [6, 6.07) is 0. The highest BCUT2D eigenvalue weighted by Gasteiger charge is 2.40. The van der Waals surface area contributed by atoms with Crippen molar-refractivity contribution in [2.45, 2.75) is 18.9 Å². The van der Waals surface area contributed by atoms with Crippen LogP contribution in [0.3, 0.4) is 0 Å². The Balaban J connectivity index is 2.41. The van der Waals surface area contributed by atoms with Crippen LogP contribution in [0.25, 0.3) is 0 Å². The van der Waals surface area contributed by atoms with Gasteiger partial charge in [0.1, 0.15) is 0 Å². The van der Waals surface area contributed by atoms with Gasteiger partial charge in [-0.1, -0.05) is 0 Å². The minimum absolute atomic E-state index is 0.0485. The number of thiophene rings is 1. The maximum Gasteiger partial charge on any atom is 0.231 e. The largest absolute Gasteiger partial charge is 0.345 e. The van der Waals surface area contributed by atoms with Crippen molar-refractivity contribution >= 4 is 55.1 Å². The number of guanidine groups is 1. The molecule has 1 aromatic rings. The lowest BCUT2D eigenvalue weighted by Crippen LogP contribution is -2.57. The predicted octanol–water partition coefficient (Wildman–Crippen LogP) is 2.87. The van der Waals surface area contributed by atoms with Crippen LogP contribution in [0.1, 0.15) is 18.2 Å². The molecule has 17 heavy (non-hydrogen) atoms. The first-order valence-corrected chi connectivity index (χ1v) is 7.38. The van der Waals surface area contributed by atoms with Gasteiger partial charge in [-0.2, -0.15) is 0 Å². The fraction of sp³-hybridized carbons (Fsp3) is 0.400. The Labute approximate surface area is 120 Å². The molecule has 2 heterocycles. The van der Waals surface area contributed by atoms with Crippen LogP contribution >= 0.6 is 43.2 Å². The number of nitrogens with zero attached hydrogens (tertiary/aromatic N) is 1. The number of amides is 1. The van der Waals surface area contributed by atoms with Crippen LogP contribution in [0, 0.1) is 5.41 Å². The van der Waals surface area contributed by atoms with Gasteiger partial charge in [0.15, 0.2) is 5.96 Å². The van der Waals surface area contributed by atoms with Crippen molar-refractivity contribution in [2.24, 2.45) is 0 Å². The van der Waals surface area contributed by atoms with Crippen LogP contribution < -0.4 is 5.32 Å². The molecule has 1 atom stereocenters. The van der Waals surface area contributed by atoms with Gasteiger partial charge in [0.25, 0.3) is 0 Å². The van der Waals surface area contributed by atoms with E-state index in [0.29, 0.717) is 6.42 Å². The lowest BCUT2D eigenvalue weighted by atomic mass is 9.93. The fourth-order valence-electron chi connectivity index (χ4n) is 1.77. The van der Waals surface area contributed by atoms with Crippen molar-refractivity contribution in [3.05, 3.63) is 19.2 Å². The summed E-state index contributed by atoms with van der Waals surface area (Å²) in [5.41, 5.74) is -0.518. The summed E-state index contributed by atoms with van der Waals surface area (Å²) in [5.74, 6) is 0.0906. The summed E-state index contributed by atoms with van der Waals surface area (Å²) in [6.45, 7) is 1.94. The van der Waals surface area contributed by atoms with Gasteiger partial charge in [0, 0.05) is 26.3 Å². The van der Waals surface area contributed by atoms with Gasteiger partial charge in [-0.25, -0.2) is 0 Å². The number of hydrogen-bond acceptors (Lipinski definition) is 3. The Morgan fingerprint density at radius 3 is 2.71 bits per heavy atom. The Kier molecular flexibility index (Phi) is 3.35. The van der Waals surface area contributed by atoms with Gasteiger partial charge in [-0.05, 0) is 38.8 Å². The van der Waals surface area contributed by atoms with Gasteiger partial charge in [0.2, 0.25) is 5.91 Å². The van der Waals surface area contributed by atoms with E-state index in [1.54, 1.807) is 18.4 Å². The van der Waals surface area contributed by atoms with Gasteiger partial charge in [0.05, 0.1) is 12.0 Å². The molecule has 7 heteroatoms. The van der Waals surface area contributed by atoms with Crippen LogP contribution in [-0.2, 0) is 10.3 Å². The van der Waals surface area contributed by atoms with E-state index in [4.69, 9.17) is 5.41 Å². The summed E-state index contributed by atoms with van der Waals surface area (Å²) in [4.78, 5) is 14.2. The maximum atomic E-state index is 11.8. The average molecular weight is 381 g/mol. The molecular weight excluding hydrogens is 370 g/mol. The first-order valence-electron chi connectivity index (χ1n) is 4.91. The summed E-state index contributed by atoms with van der Waals surface area (Å²) in [5, 5.41) is 12.8. The third kappa shape index (κ3) is 2.15. The normalized spacial score (nSPS) is 25.1. The summed E-state index contributed by atoms with van der Waals surface area (Å²) in [6.07, 6.45) is 0.345. The van der Waals surface area contributed by atoms with E-state index >= 15 is 0 Å². The third-order valence-electron chi connectivity index (χ3n) is 2.80. The van der Waals surface area contributed by atoms with Crippen molar-refractivity contribution in [3.63, 3.8) is 0 Å². The van der Waals surface area contributed by atoms with Crippen molar-refractivity contribution < 1.29 is 4.79 Å². The van der Waals surface area contributed by atoms with E-state index in [0.717, 1.165) is 13.8 Å². The number of carbonyl (C=O) groups is 1. The van der Waals surface area contributed by atoms with Gasteiger partial charge in [-0.15, -0.1) is 11.3 Å². The molecule has 1 aliphatic rings. The van der Waals surface area contributed by atoms with Gasteiger partial charge in [-0.3, -0.25) is 15.1 Å². The highest BCUT2D eigenvalue weighted by Crippen LogP contribution is 2.41. The highest BCUT2D eigenvalue weighted by molar-refractivity contribution is 9.13. The number of rotatable bonds is 1. The summed E-state index contributed by atoms with van der Waals surface area (Å²) >= 11 is 8.50. The molecule has 1 aromatic heterocycles. The van der Waals surface area contributed by atoms with E-state index < -0.39 is 5.54 Å². The highest BCUT2D eigenvalue weighted by atomic mass is 79.9. The maximum absolute atomic E-state index is 11.8. The number of hydrogen-bond donors (Lipinski definition) is 2. The van der Waals surface area contributed by atoms with E-state index in [1.807, 2.05) is 12.3 Å². The Morgan fingerprint density at radius 2 is 2.24 bits per heavy atom. The zero-order valence-electron chi connectivity index (χ0n) is 9.30. The number of halogens is 2. The van der Waals surface area contributed by atoms with Crippen molar-refractivity contribution in [2.75, 3.05) is 7.05 Å². The van der Waals surface area contributed by atoms with Crippen LogP contribution in [-0.4, -0.2) is 23.8 Å². The first-order chi connectivity index (χ1) is 7.85. The monoisotopic (exact) mass is 379 g/mol. The second-order valence-corrected chi connectivity index (χ2v) is 6.69. The van der Waals surface area contributed by atoms with Crippen molar-refractivity contribution in [1.82, 2.24) is 10.2 Å². The van der Waals surface area contributed by atoms with E-state index in [9.17, 15) is 4.79 Å². The standard InChI is InChI=1S/C10H11Br2N3OS/c1-10(8-7(12)5(11)4-17-8)3-6(16)15(2)9(13)14-10/h4H,3H2,1-2H3,(H2,13,14)/t10-/m0/s1. The molecule has 2 rings (SSSR count). The number of carbonyl (C=O) groups excluding carboxylic acids is 1. The molecule has 92 valence electrons. The SMILES string of the molecule is CN1C(=N)N[C@](C)(c2scc(Br)c2Br)CC1=O. The second kappa shape index (κ2) is 4.37. The number of nitrogens with one attached hydrogen (secondary N) is 2. The zero-order valence-corrected chi connectivity index (χ0v) is 13.3. The molecule has 1 aliphatic heterocycles. The van der Waals surface area contributed by atoms with Crippen LogP contribution in [0.2, 0.25) is 0 Å². The molecule has 0 unspecified atom stereocenters. The molecule has 0 radical (unpaired) electrons. The summed E-state index contributed by atoms with van der Waals surface area (Å²) in [7, 11) is 1.61. The topological polar surface area (TPSA) is 56.2 Å². The molecule has 2 N–H and O–H groups in total. The fourth-order valence-corrected chi connectivity index (χ4v) is 4.30. The molecular formula is C10H11Br2N3OS. The van der Waals surface area contributed by atoms with E-state index in [-0.39, 0.29) is 11.9 Å². The zero-order chi connectivity index (χ0) is 12.8. The Hall–Kier alpha value is -0.400. The lowest BCUT2D eigenvalue weighted by molar-refractivity contribution is -0.129. The molecule has 1 amide bonds. The smallest absolute Gasteiger partial charge is 0.231 e. The minimum atomic E-state index is -0.518. The molecule has 1 saturated heterocycles. The summed E-state index contributed by atoms with van der Waals surface area (Å²) < 4.78 is 1.92. The van der Waals surface area contributed by atoms with Crippen molar-refractivity contribution in [1.29, 1.82) is 5.41 Å². The Bertz CT molecular complexity index is 482. The van der Waals surface area contributed by atoms with E-state index in [2.05, 4.69) is 37.2 Å². The second-order valence-electron chi connectivity index (χ2n) is 4.16. The molecule has 0 aromatic carbocycles. The lowest BCUT2D eigenvalue weighted by Gasteiger charge is -2.38. The van der Waals surface area contributed by atoms with Gasteiger partial charge >= 0.3 is 0 Å². The quantitative estimate of drug-likeness (QED) is 0.786. The third-order valence-corrected chi connectivity index (χ3v) is 6.59. The molecule has 0 saturated carbocycles. The molecule has 0 aliphatic carbocycles. The molecule has 4 nitrogen and oxygen atoms in total. The van der Waals surface area contributed by atoms with Crippen LogP contribution in [0.5, 0.6) is 0 Å². The van der Waals surface area contributed by atoms with Crippen molar-refractivity contribution in [3.8, 4) is 0 Å². The van der Waals surface area contributed by atoms with Crippen LogP contribution in [0.15, 0.2) is 14.3 Å². The average Bonchev–Trinajstić information content (AvgIpc) is 2.57.